The minimum absolute atomic E-state index is 0. The highest BCUT2D eigenvalue weighted by Gasteiger charge is 2.33. The number of aryl methyl sites for hydroxylation is 1. The van der Waals surface area contributed by atoms with E-state index in [1.807, 2.05) is 28.8 Å². The normalized spacial score (nSPS) is 12.4. The summed E-state index contributed by atoms with van der Waals surface area (Å²) in [5, 5.41) is 14.5. The van der Waals surface area contributed by atoms with E-state index in [9.17, 15) is 5.11 Å². The summed E-state index contributed by atoms with van der Waals surface area (Å²) in [6, 6.07) is 9.82. The van der Waals surface area contributed by atoms with Crippen molar-refractivity contribution in [2.24, 2.45) is 0 Å². The zero-order chi connectivity index (χ0) is 13.7. The molecule has 6 heteroatoms. The molecule has 21 heavy (non-hydrogen) atoms. The van der Waals surface area contributed by atoms with Crippen LogP contribution in [0.5, 0.6) is 5.88 Å². The van der Waals surface area contributed by atoms with Crippen LogP contribution >= 0.6 is 34.3 Å². The number of hydrogen-bond donors (Lipinski definition) is 1. The van der Waals surface area contributed by atoms with Crippen LogP contribution < -0.4 is 4.57 Å². The van der Waals surface area contributed by atoms with Crippen LogP contribution in [-0.4, -0.2) is 10.6 Å². The minimum Gasteiger partial charge on any atom is -0.870 e. The highest BCUT2D eigenvalue weighted by Crippen LogP contribution is 2.42. The first kappa shape index (κ1) is 14.5. The van der Waals surface area contributed by atoms with Crippen LogP contribution in [0.25, 0.3) is 20.3 Å². The predicted octanol–water partition coefficient (Wildman–Crippen LogP) is 4.17. The molecule has 0 radical (unpaired) electrons. The summed E-state index contributed by atoms with van der Waals surface area (Å²) < 4.78 is 2.01. The first-order valence-electron chi connectivity index (χ1n) is 6.32. The van der Waals surface area contributed by atoms with Gasteiger partial charge >= 0.3 is 5.88 Å². The monoisotopic (exact) mass is 337 g/mol. The summed E-state index contributed by atoms with van der Waals surface area (Å²) in [6.45, 7) is 0.835. The zero-order valence-corrected chi connectivity index (χ0v) is 13.3. The maximum Gasteiger partial charge on any atom is 0.385 e. The second kappa shape index (κ2) is 5.42. The number of thiazole rings is 1. The van der Waals surface area contributed by atoms with Gasteiger partial charge in [-0.15, -0.1) is 15.9 Å². The van der Waals surface area contributed by atoms with Gasteiger partial charge in [0.25, 0.3) is 5.01 Å². The van der Waals surface area contributed by atoms with Crippen LogP contribution in [0, 0.1) is 0 Å². The van der Waals surface area contributed by atoms with E-state index in [0.29, 0.717) is 10.9 Å². The number of fused-ring (bicyclic) bond motifs is 3. The standard InChI is InChI=1S/C15H10ClNOS2.H2O/c16-11-3-1-2-10(8-11)12-14(18)17-6-4-9-5-7-19-13(9)15(17)20-12;/h1-3,5,7-8H,4,6H2;1H2. The van der Waals surface area contributed by atoms with E-state index in [1.165, 1.54) is 10.4 Å². The van der Waals surface area contributed by atoms with Gasteiger partial charge in [-0.05, 0) is 29.1 Å². The molecule has 0 bridgehead atoms. The number of rotatable bonds is 1. The lowest BCUT2D eigenvalue weighted by molar-refractivity contribution is -0.688. The maximum atomic E-state index is 10.5. The van der Waals surface area contributed by atoms with Crippen LogP contribution in [0.1, 0.15) is 5.56 Å². The summed E-state index contributed by atoms with van der Waals surface area (Å²) in [6.07, 6.45) is 0.982. The third-order valence-corrected chi connectivity index (χ3v) is 6.10. The Kier molecular flexibility index (Phi) is 3.75. The van der Waals surface area contributed by atoms with Gasteiger partial charge in [0, 0.05) is 17.0 Å². The summed E-state index contributed by atoms with van der Waals surface area (Å²) >= 11 is 9.43. The van der Waals surface area contributed by atoms with Crippen molar-refractivity contribution < 1.29 is 15.1 Å². The summed E-state index contributed by atoms with van der Waals surface area (Å²) in [7, 11) is 0. The molecule has 2 N–H and O–H groups in total. The molecule has 2 aromatic heterocycles. The second-order valence-electron chi connectivity index (χ2n) is 4.75. The Bertz CT molecular complexity index is 810. The van der Waals surface area contributed by atoms with Gasteiger partial charge in [0.2, 0.25) is 0 Å². The van der Waals surface area contributed by atoms with Gasteiger partial charge < -0.3 is 10.6 Å². The number of halogens is 1. The van der Waals surface area contributed by atoms with Crippen molar-refractivity contribution >= 4 is 34.3 Å². The molecule has 1 aliphatic heterocycles. The van der Waals surface area contributed by atoms with Crippen LogP contribution in [0.4, 0.5) is 0 Å². The molecule has 3 nitrogen and oxygen atoms in total. The van der Waals surface area contributed by atoms with Crippen molar-refractivity contribution in [3.05, 3.63) is 46.3 Å². The summed E-state index contributed by atoms with van der Waals surface area (Å²) in [4.78, 5) is 2.17. The number of aromatic nitrogens is 1. The fourth-order valence-corrected chi connectivity index (χ4v) is 5.07. The predicted molar refractivity (Wildman–Crippen MR) is 85.6 cm³/mol. The first-order chi connectivity index (χ1) is 9.74. The van der Waals surface area contributed by atoms with Crippen molar-refractivity contribution in [1.29, 1.82) is 0 Å². The number of nitrogens with zero attached hydrogens (tertiary/aromatic N) is 1. The Balaban J connectivity index is 0.00000132. The quantitative estimate of drug-likeness (QED) is 0.677. The summed E-state index contributed by atoms with van der Waals surface area (Å²) in [5.41, 5.74) is 2.36. The summed E-state index contributed by atoms with van der Waals surface area (Å²) in [5.74, 6) is 0.353. The fourth-order valence-electron chi connectivity index (χ4n) is 2.56. The molecule has 3 heterocycles. The van der Waals surface area contributed by atoms with Gasteiger partial charge in [0.1, 0.15) is 4.88 Å². The van der Waals surface area contributed by atoms with Crippen molar-refractivity contribution in [3.63, 3.8) is 0 Å². The third kappa shape index (κ3) is 2.26. The molecular formula is C15H12ClNO2S2. The SMILES string of the molecule is Oc1c(-c2cccc(Cl)c2)sc2[n+]1CCc1ccsc1-2.[OH-]. The van der Waals surface area contributed by atoms with Gasteiger partial charge in [-0.2, -0.15) is 0 Å². The molecule has 3 aromatic rings. The molecule has 0 atom stereocenters. The van der Waals surface area contributed by atoms with E-state index in [-0.39, 0.29) is 5.48 Å². The lowest BCUT2D eigenvalue weighted by Gasteiger charge is -2.05. The van der Waals surface area contributed by atoms with E-state index < -0.39 is 0 Å². The average molecular weight is 338 g/mol. The molecule has 0 saturated heterocycles. The van der Waals surface area contributed by atoms with Crippen LogP contribution in [0.3, 0.4) is 0 Å². The Hall–Kier alpha value is -1.40. The number of aromatic hydroxyl groups is 1. The molecule has 1 aromatic carbocycles. The molecule has 0 fully saturated rings. The highest BCUT2D eigenvalue weighted by atomic mass is 35.5. The van der Waals surface area contributed by atoms with E-state index in [2.05, 4.69) is 11.4 Å². The molecule has 0 aliphatic carbocycles. The molecule has 0 amide bonds. The maximum absolute atomic E-state index is 10.5. The van der Waals surface area contributed by atoms with Crippen LogP contribution in [-0.2, 0) is 13.0 Å². The van der Waals surface area contributed by atoms with E-state index in [1.54, 1.807) is 22.7 Å². The third-order valence-electron chi connectivity index (χ3n) is 3.54. The van der Waals surface area contributed by atoms with E-state index >= 15 is 0 Å². The molecule has 1 aliphatic rings. The number of benzene rings is 1. The second-order valence-corrected chi connectivity index (χ2v) is 7.10. The van der Waals surface area contributed by atoms with Crippen molar-refractivity contribution in [2.45, 2.75) is 13.0 Å². The smallest absolute Gasteiger partial charge is 0.385 e. The molecular weight excluding hydrogens is 326 g/mol. The highest BCUT2D eigenvalue weighted by molar-refractivity contribution is 7.22. The van der Waals surface area contributed by atoms with Gasteiger partial charge in [-0.3, -0.25) is 0 Å². The van der Waals surface area contributed by atoms with E-state index in [4.69, 9.17) is 11.6 Å². The van der Waals surface area contributed by atoms with Gasteiger partial charge in [0.05, 0.1) is 0 Å². The lowest BCUT2D eigenvalue weighted by Crippen LogP contribution is -2.37. The Morgan fingerprint density at radius 3 is 2.86 bits per heavy atom. The average Bonchev–Trinajstić information content (AvgIpc) is 3.03. The van der Waals surface area contributed by atoms with Gasteiger partial charge in [0.15, 0.2) is 11.4 Å². The minimum atomic E-state index is 0. The van der Waals surface area contributed by atoms with Crippen LogP contribution in [0.2, 0.25) is 5.02 Å². The number of hydrogen-bond acceptors (Lipinski definition) is 4. The van der Waals surface area contributed by atoms with Gasteiger partial charge in [-0.1, -0.05) is 35.1 Å². The molecule has 4 rings (SSSR count). The zero-order valence-electron chi connectivity index (χ0n) is 10.9. The largest absolute Gasteiger partial charge is 0.870 e. The van der Waals surface area contributed by atoms with E-state index in [0.717, 1.165) is 28.4 Å². The van der Waals surface area contributed by atoms with Crippen molar-refractivity contribution in [1.82, 2.24) is 0 Å². The molecule has 0 spiro atoms. The Morgan fingerprint density at radius 1 is 1.19 bits per heavy atom. The van der Waals surface area contributed by atoms with Gasteiger partial charge in [-0.25, -0.2) is 0 Å². The van der Waals surface area contributed by atoms with Crippen LogP contribution in [0.15, 0.2) is 35.7 Å². The Morgan fingerprint density at radius 2 is 2.05 bits per heavy atom. The number of thiophene rings is 1. The molecule has 108 valence electrons. The van der Waals surface area contributed by atoms with Crippen molar-refractivity contribution in [2.75, 3.05) is 0 Å². The lowest BCUT2D eigenvalue weighted by atomic mass is 10.1. The molecule has 0 unspecified atom stereocenters. The fraction of sp³-hybridized carbons (Fsp3) is 0.133. The molecule has 0 saturated carbocycles. The topological polar surface area (TPSA) is 54.1 Å². The first-order valence-corrected chi connectivity index (χ1v) is 8.40. The Labute approximate surface area is 135 Å². The van der Waals surface area contributed by atoms with Crippen molar-refractivity contribution in [3.8, 4) is 26.2 Å².